The average molecular weight is 320 g/mol. The number of aromatic hydroxyl groups is 1. The number of rotatable bonds is 2. The fraction of sp³-hybridized carbons (Fsp3) is 0.438. The summed E-state index contributed by atoms with van der Waals surface area (Å²) in [7, 11) is 0. The van der Waals surface area contributed by atoms with Crippen molar-refractivity contribution in [2.24, 2.45) is 0 Å². The van der Waals surface area contributed by atoms with Crippen LogP contribution in [0, 0.1) is 10.1 Å². The average Bonchev–Trinajstić information content (AvgIpc) is 2.45. The van der Waals surface area contributed by atoms with Gasteiger partial charge < -0.3 is 15.1 Å². The molecule has 0 spiro atoms. The van der Waals surface area contributed by atoms with E-state index in [0.29, 0.717) is 23.1 Å². The van der Waals surface area contributed by atoms with Gasteiger partial charge in [-0.2, -0.15) is 0 Å². The van der Waals surface area contributed by atoms with Gasteiger partial charge in [-0.05, 0) is 23.5 Å². The monoisotopic (exact) mass is 320 g/mol. The molecule has 23 heavy (non-hydrogen) atoms. The fourth-order valence-corrected chi connectivity index (χ4v) is 2.72. The van der Waals surface area contributed by atoms with Gasteiger partial charge in [0.05, 0.1) is 10.5 Å². The zero-order valence-corrected chi connectivity index (χ0v) is 13.4. The minimum atomic E-state index is -1.01. The third-order valence-electron chi connectivity index (χ3n) is 3.97. The summed E-state index contributed by atoms with van der Waals surface area (Å²) >= 11 is 0. The van der Waals surface area contributed by atoms with Gasteiger partial charge in [0.1, 0.15) is 0 Å². The Morgan fingerprint density at radius 1 is 1.35 bits per heavy atom. The van der Waals surface area contributed by atoms with Crippen molar-refractivity contribution in [2.75, 3.05) is 13.1 Å². The standard InChI is InChI=1S/C16H20N2O5/c1-16(2,3)12-5-4-11(13(14(12)19)18(22)23)10-6-8-17(9-7-10)15(20)21/h4-6,19H,7-9H2,1-3H3,(H,20,21). The van der Waals surface area contributed by atoms with E-state index < -0.39 is 16.4 Å². The second kappa shape index (κ2) is 5.91. The molecule has 1 amide bonds. The molecule has 2 N–H and O–H groups in total. The predicted octanol–water partition coefficient (Wildman–Crippen LogP) is 3.37. The maximum atomic E-state index is 11.5. The Balaban J connectivity index is 2.50. The van der Waals surface area contributed by atoms with E-state index in [2.05, 4.69) is 0 Å². The summed E-state index contributed by atoms with van der Waals surface area (Å²) in [5.74, 6) is -0.318. The van der Waals surface area contributed by atoms with Gasteiger partial charge in [0.2, 0.25) is 0 Å². The Labute approximate surface area is 134 Å². The van der Waals surface area contributed by atoms with Crippen LogP contribution in [0.4, 0.5) is 10.5 Å². The molecule has 0 atom stereocenters. The lowest BCUT2D eigenvalue weighted by molar-refractivity contribution is -0.386. The molecule has 0 saturated carbocycles. The number of hydrogen-bond acceptors (Lipinski definition) is 4. The molecule has 1 heterocycles. The normalized spacial score (nSPS) is 15.3. The summed E-state index contributed by atoms with van der Waals surface area (Å²) in [4.78, 5) is 23.0. The lowest BCUT2D eigenvalue weighted by Gasteiger charge is -2.25. The molecular formula is C16H20N2O5. The van der Waals surface area contributed by atoms with Gasteiger partial charge >= 0.3 is 11.8 Å². The molecule has 0 saturated heterocycles. The Bertz CT molecular complexity index is 688. The third kappa shape index (κ3) is 3.28. The number of benzene rings is 1. The Kier molecular flexibility index (Phi) is 4.31. The van der Waals surface area contributed by atoms with Crippen molar-refractivity contribution >= 4 is 17.4 Å². The molecule has 2 rings (SSSR count). The van der Waals surface area contributed by atoms with Crippen LogP contribution in [-0.2, 0) is 5.41 Å². The minimum absolute atomic E-state index is 0.184. The molecule has 124 valence electrons. The zero-order chi connectivity index (χ0) is 17.4. The van der Waals surface area contributed by atoms with Gasteiger partial charge in [0.15, 0.2) is 5.75 Å². The highest BCUT2D eigenvalue weighted by atomic mass is 16.6. The first-order chi connectivity index (χ1) is 10.6. The Morgan fingerprint density at radius 2 is 2.00 bits per heavy atom. The lowest BCUT2D eigenvalue weighted by Crippen LogP contribution is -2.33. The number of phenols is 1. The van der Waals surface area contributed by atoms with Gasteiger partial charge in [-0.25, -0.2) is 4.79 Å². The molecule has 1 aliphatic heterocycles. The zero-order valence-electron chi connectivity index (χ0n) is 13.4. The first-order valence-corrected chi connectivity index (χ1v) is 7.31. The van der Waals surface area contributed by atoms with Crippen molar-refractivity contribution in [1.82, 2.24) is 4.90 Å². The van der Waals surface area contributed by atoms with E-state index in [-0.39, 0.29) is 24.5 Å². The van der Waals surface area contributed by atoms with Crippen LogP contribution in [-0.4, -0.2) is 39.2 Å². The van der Waals surface area contributed by atoms with Crippen LogP contribution in [0.15, 0.2) is 18.2 Å². The first kappa shape index (κ1) is 16.8. The molecule has 0 radical (unpaired) electrons. The molecule has 0 fully saturated rings. The van der Waals surface area contributed by atoms with Crippen molar-refractivity contribution in [1.29, 1.82) is 0 Å². The van der Waals surface area contributed by atoms with E-state index in [4.69, 9.17) is 5.11 Å². The number of nitro benzene ring substituents is 1. The first-order valence-electron chi connectivity index (χ1n) is 7.31. The van der Waals surface area contributed by atoms with E-state index in [9.17, 15) is 20.0 Å². The highest BCUT2D eigenvalue weighted by Crippen LogP contribution is 2.42. The number of amides is 1. The number of nitrogens with zero attached hydrogens (tertiary/aromatic N) is 2. The molecule has 7 nitrogen and oxygen atoms in total. The maximum absolute atomic E-state index is 11.5. The van der Waals surface area contributed by atoms with Gasteiger partial charge in [0, 0.05) is 18.7 Å². The molecule has 0 unspecified atom stereocenters. The number of carboxylic acid groups (broad SMARTS) is 1. The van der Waals surface area contributed by atoms with E-state index in [1.165, 1.54) is 4.90 Å². The minimum Gasteiger partial charge on any atom is -0.502 e. The van der Waals surface area contributed by atoms with Crippen molar-refractivity contribution < 1.29 is 19.9 Å². The summed E-state index contributed by atoms with van der Waals surface area (Å²) in [6.07, 6.45) is 1.03. The smallest absolute Gasteiger partial charge is 0.407 e. The fourth-order valence-electron chi connectivity index (χ4n) is 2.72. The summed E-state index contributed by atoms with van der Waals surface area (Å²) in [5.41, 5.74) is 0.813. The van der Waals surface area contributed by atoms with Crippen molar-refractivity contribution in [3.05, 3.63) is 39.4 Å². The van der Waals surface area contributed by atoms with Crippen LogP contribution in [0.5, 0.6) is 5.75 Å². The van der Waals surface area contributed by atoms with Gasteiger partial charge in [0.25, 0.3) is 0 Å². The van der Waals surface area contributed by atoms with Crippen LogP contribution in [0.2, 0.25) is 0 Å². The van der Waals surface area contributed by atoms with Gasteiger partial charge in [-0.1, -0.05) is 32.9 Å². The predicted molar refractivity (Wildman–Crippen MR) is 85.7 cm³/mol. The van der Waals surface area contributed by atoms with E-state index >= 15 is 0 Å². The van der Waals surface area contributed by atoms with Crippen LogP contribution >= 0.6 is 0 Å². The Hall–Kier alpha value is -2.57. The maximum Gasteiger partial charge on any atom is 0.407 e. The second-order valence-corrected chi connectivity index (χ2v) is 6.57. The largest absolute Gasteiger partial charge is 0.502 e. The second-order valence-electron chi connectivity index (χ2n) is 6.57. The molecule has 1 aliphatic rings. The van der Waals surface area contributed by atoms with E-state index in [1.807, 2.05) is 20.8 Å². The van der Waals surface area contributed by atoms with Crippen LogP contribution in [0.1, 0.15) is 38.3 Å². The van der Waals surface area contributed by atoms with E-state index in [1.54, 1.807) is 18.2 Å². The van der Waals surface area contributed by atoms with Crippen LogP contribution in [0.25, 0.3) is 5.57 Å². The molecule has 0 bridgehead atoms. The summed E-state index contributed by atoms with van der Waals surface area (Å²) < 4.78 is 0. The SMILES string of the molecule is CC(C)(C)c1ccc(C2=CCN(C(=O)O)CC2)c([N+](=O)[O-])c1O. The highest BCUT2D eigenvalue weighted by Gasteiger charge is 2.30. The third-order valence-corrected chi connectivity index (χ3v) is 3.97. The van der Waals surface area contributed by atoms with E-state index in [0.717, 1.165) is 0 Å². The van der Waals surface area contributed by atoms with Gasteiger partial charge in [-0.15, -0.1) is 0 Å². The van der Waals surface area contributed by atoms with Crippen LogP contribution < -0.4 is 0 Å². The van der Waals surface area contributed by atoms with Crippen molar-refractivity contribution in [3.63, 3.8) is 0 Å². The summed E-state index contributed by atoms with van der Waals surface area (Å²) in [5, 5.41) is 30.8. The topological polar surface area (TPSA) is 104 Å². The van der Waals surface area contributed by atoms with Crippen LogP contribution in [0.3, 0.4) is 0 Å². The van der Waals surface area contributed by atoms with Gasteiger partial charge in [-0.3, -0.25) is 10.1 Å². The quantitative estimate of drug-likeness (QED) is 0.642. The highest BCUT2D eigenvalue weighted by molar-refractivity contribution is 5.79. The number of carbonyl (C=O) groups is 1. The van der Waals surface area contributed by atoms with Crippen molar-refractivity contribution in [3.8, 4) is 5.75 Å². The lowest BCUT2D eigenvalue weighted by atomic mass is 9.84. The molecule has 7 heteroatoms. The number of phenolic OH excluding ortho intramolecular Hbond substituents is 1. The molecule has 1 aromatic carbocycles. The molecule has 0 aliphatic carbocycles. The molecule has 1 aromatic rings. The molecule has 0 aromatic heterocycles. The Morgan fingerprint density at radius 3 is 2.43 bits per heavy atom. The summed E-state index contributed by atoms with van der Waals surface area (Å²) in [6, 6.07) is 3.34. The number of nitro groups is 1. The van der Waals surface area contributed by atoms with Crippen molar-refractivity contribution in [2.45, 2.75) is 32.6 Å². The summed E-state index contributed by atoms with van der Waals surface area (Å²) in [6.45, 7) is 6.08. The molecular weight excluding hydrogens is 300 g/mol. The number of hydrogen-bond donors (Lipinski definition) is 2.